The van der Waals surface area contributed by atoms with Gasteiger partial charge in [-0.2, -0.15) is 0 Å². The van der Waals surface area contributed by atoms with Crippen molar-refractivity contribution in [3.05, 3.63) is 46.2 Å². The lowest BCUT2D eigenvalue weighted by atomic mass is 10.2. The molecule has 0 aliphatic heterocycles. The molecule has 4 heteroatoms. The summed E-state index contributed by atoms with van der Waals surface area (Å²) in [6.45, 7) is 5.38. The number of thiophene rings is 1. The van der Waals surface area contributed by atoms with Crippen molar-refractivity contribution in [2.75, 3.05) is 13.2 Å². The molecule has 1 atom stereocenters. The highest BCUT2D eigenvalue weighted by atomic mass is 32.1. The Balaban J connectivity index is 2.03. The molecular weight excluding hydrogens is 270 g/mol. The van der Waals surface area contributed by atoms with E-state index in [4.69, 9.17) is 15.2 Å². The zero-order valence-electron chi connectivity index (χ0n) is 12.0. The van der Waals surface area contributed by atoms with Crippen molar-refractivity contribution >= 4 is 11.3 Å². The van der Waals surface area contributed by atoms with E-state index in [-0.39, 0.29) is 6.10 Å². The molecule has 0 saturated heterocycles. The Kier molecular flexibility index (Phi) is 5.44. The van der Waals surface area contributed by atoms with Gasteiger partial charge in [-0.3, -0.25) is 0 Å². The summed E-state index contributed by atoms with van der Waals surface area (Å²) in [6, 6.07) is 9.81. The van der Waals surface area contributed by atoms with Crippen molar-refractivity contribution in [3.63, 3.8) is 0 Å². The Bertz CT molecular complexity index is 522. The molecule has 0 aliphatic carbocycles. The number of aryl methyl sites for hydroxylation is 1. The van der Waals surface area contributed by atoms with Gasteiger partial charge in [-0.25, -0.2) is 0 Å². The number of benzene rings is 1. The quantitative estimate of drug-likeness (QED) is 0.840. The van der Waals surface area contributed by atoms with E-state index < -0.39 is 0 Å². The Morgan fingerprint density at radius 3 is 2.40 bits per heavy atom. The normalized spacial score (nSPS) is 12.2. The SMILES string of the molecule is CCCOc1ccc(OC(CN)c2sccc2C)cc1. The predicted molar refractivity (Wildman–Crippen MR) is 83.7 cm³/mol. The van der Waals surface area contributed by atoms with Crippen molar-refractivity contribution in [1.82, 2.24) is 0 Å². The highest BCUT2D eigenvalue weighted by Crippen LogP contribution is 2.28. The lowest BCUT2D eigenvalue weighted by Crippen LogP contribution is -2.18. The molecule has 2 rings (SSSR count). The van der Waals surface area contributed by atoms with Gasteiger partial charge in [0.2, 0.25) is 0 Å². The van der Waals surface area contributed by atoms with E-state index in [1.54, 1.807) is 11.3 Å². The molecule has 0 bridgehead atoms. The fourth-order valence-corrected chi connectivity index (χ4v) is 2.89. The molecule has 0 radical (unpaired) electrons. The summed E-state index contributed by atoms with van der Waals surface area (Å²) in [6.07, 6.45) is 0.919. The van der Waals surface area contributed by atoms with Crippen LogP contribution in [0.15, 0.2) is 35.7 Å². The summed E-state index contributed by atoms with van der Waals surface area (Å²) in [7, 11) is 0. The van der Waals surface area contributed by atoms with Gasteiger partial charge in [0, 0.05) is 11.4 Å². The molecule has 0 fully saturated rings. The maximum atomic E-state index is 5.98. The second-order valence-corrected chi connectivity index (χ2v) is 5.58. The Morgan fingerprint density at radius 2 is 1.85 bits per heavy atom. The van der Waals surface area contributed by atoms with Crippen LogP contribution >= 0.6 is 11.3 Å². The minimum absolute atomic E-state index is 0.0857. The fourth-order valence-electron chi connectivity index (χ4n) is 1.92. The van der Waals surface area contributed by atoms with E-state index in [1.807, 2.05) is 24.3 Å². The topological polar surface area (TPSA) is 44.5 Å². The largest absolute Gasteiger partial charge is 0.494 e. The van der Waals surface area contributed by atoms with Crippen LogP contribution in [0.4, 0.5) is 0 Å². The molecule has 0 aliphatic rings. The number of nitrogens with two attached hydrogens (primary N) is 1. The number of ether oxygens (including phenoxy) is 2. The molecule has 0 spiro atoms. The van der Waals surface area contributed by atoms with Crippen LogP contribution in [0.5, 0.6) is 11.5 Å². The third-order valence-corrected chi connectivity index (χ3v) is 4.09. The van der Waals surface area contributed by atoms with Crippen molar-refractivity contribution in [3.8, 4) is 11.5 Å². The van der Waals surface area contributed by atoms with Crippen molar-refractivity contribution in [2.45, 2.75) is 26.4 Å². The van der Waals surface area contributed by atoms with Crippen LogP contribution in [0.25, 0.3) is 0 Å². The van der Waals surface area contributed by atoms with Gasteiger partial charge in [-0.15, -0.1) is 11.3 Å². The summed E-state index contributed by atoms with van der Waals surface area (Å²) < 4.78 is 11.5. The molecule has 0 saturated carbocycles. The number of hydrogen-bond donors (Lipinski definition) is 1. The molecule has 20 heavy (non-hydrogen) atoms. The number of hydrogen-bond acceptors (Lipinski definition) is 4. The molecule has 0 amide bonds. The fraction of sp³-hybridized carbons (Fsp3) is 0.375. The molecular formula is C16H21NO2S. The third-order valence-electron chi connectivity index (χ3n) is 2.98. The third kappa shape index (κ3) is 3.74. The van der Waals surface area contributed by atoms with E-state index in [2.05, 4.69) is 25.3 Å². The second kappa shape index (κ2) is 7.31. The van der Waals surface area contributed by atoms with Gasteiger partial charge in [0.15, 0.2) is 0 Å². The summed E-state index contributed by atoms with van der Waals surface area (Å²) in [5, 5.41) is 2.07. The predicted octanol–water partition coefficient (Wildman–Crippen LogP) is 3.92. The zero-order chi connectivity index (χ0) is 14.4. The summed E-state index contributed by atoms with van der Waals surface area (Å²) in [5.41, 5.74) is 7.06. The maximum absolute atomic E-state index is 5.98. The van der Waals surface area contributed by atoms with Crippen LogP contribution in [-0.2, 0) is 0 Å². The molecule has 2 aromatic rings. The van der Waals surface area contributed by atoms with Gasteiger partial charge in [-0.05, 0) is 54.6 Å². The first-order valence-corrected chi connectivity index (χ1v) is 7.76. The minimum Gasteiger partial charge on any atom is -0.494 e. The Morgan fingerprint density at radius 1 is 1.15 bits per heavy atom. The molecule has 1 aromatic carbocycles. The Hall–Kier alpha value is -1.52. The van der Waals surface area contributed by atoms with E-state index >= 15 is 0 Å². The monoisotopic (exact) mass is 291 g/mol. The molecule has 2 N–H and O–H groups in total. The van der Waals surface area contributed by atoms with Crippen LogP contribution in [0.3, 0.4) is 0 Å². The van der Waals surface area contributed by atoms with Crippen molar-refractivity contribution in [1.29, 1.82) is 0 Å². The zero-order valence-corrected chi connectivity index (χ0v) is 12.8. The van der Waals surface area contributed by atoms with Gasteiger partial charge in [-0.1, -0.05) is 6.92 Å². The average molecular weight is 291 g/mol. The molecule has 1 aromatic heterocycles. The van der Waals surface area contributed by atoms with E-state index in [0.717, 1.165) is 24.5 Å². The van der Waals surface area contributed by atoms with Gasteiger partial charge in [0.1, 0.15) is 17.6 Å². The minimum atomic E-state index is -0.0857. The first kappa shape index (κ1) is 14.9. The highest BCUT2D eigenvalue weighted by Gasteiger charge is 2.15. The molecule has 1 heterocycles. The average Bonchev–Trinajstić information content (AvgIpc) is 2.90. The second-order valence-electron chi connectivity index (χ2n) is 4.63. The van der Waals surface area contributed by atoms with Crippen LogP contribution in [-0.4, -0.2) is 13.2 Å². The van der Waals surface area contributed by atoms with Crippen molar-refractivity contribution in [2.24, 2.45) is 5.73 Å². The van der Waals surface area contributed by atoms with Gasteiger partial charge < -0.3 is 15.2 Å². The van der Waals surface area contributed by atoms with Gasteiger partial charge in [0.25, 0.3) is 0 Å². The smallest absolute Gasteiger partial charge is 0.145 e. The van der Waals surface area contributed by atoms with Crippen molar-refractivity contribution < 1.29 is 9.47 Å². The van der Waals surface area contributed by atoms with Gasteiger partial charge in [0.05, 0.1) is 6.61 Å². The molecule has 3 nitrogen and oxygen atoms in total. The molecule has 1 unspecified atom stereocenters. The van der Waals surface area contributed by atoms with Gasteiger partial charge >= 0.3 is 0 Å². The lowest BCUT2D eigenvalue weighted by Gasteiger charge is -2.17. The van der Waals surface area contributed by atoms with E-state index in [9.17, 15) is 0 Å². The summed E-state index contributed by atoms with van der Waals surface area (Å²) in [4.78, 5) is 1.19. The maximum Gasteiger partial charge on any atom is 0.145 e. The van der Waals surface area contributed by atoms with Crippen LogP contribution in [0.1, 0.15) is 29.9 Å². The number of rotatable bonds is 7. The standard InChI is InChI=1S/C16H21NO2S/c1-3-9-18-13-4-6-14(7-5-13)19-15(11-17)16-12(2)8-10-20-16/h4-8,10,15H,3,9,11,17H2,1-2H3. The summed E-state index contributed by atoms with van der Waals surface area (Å²) >= 11 is 1.69. The first-order chi connectivity index (χ1) is 9.74. The molecule has 108 valence electrons. The Labute approximate surface area is 124 Å². The lowest BCUT2D eigenvalue weighted by molar-refractivity contribution is 0.217. The van der Waals surface area contributed by atoms with Crippen LogP contribution in [0, 0.1) is 6.92 Å². The van der Waals surface area contributed by atoms with Crippen LogP contribution in [0.2, 0.25) is 0 Å². The highest BCUT2D eigenvalue weighted by molar-refractivity contribution is 7.10. The summed E-state index contributed by atoms with van der Waals surface area (Å²) in [5.74, 6) is 1.69. The van der Waals surface area contributed by atoms with E-state index in [1.165, 1.54) is 10.4 Å². The van der Waals surface area contributed by atoms with Crippen LogP contribution < -0.4 is 15.2 Å². The van der Waals surface area contributed by atoms with E-state index in [0.29, 0.717) is 6.54 Å². The first-order valence-electron chi connectivity index (χ1n) is 6.88.